The normalized spacial score (nSPS) is 18.0. The van der Waals surface area contributed by atoms with Gasteiger partial charge < -0.3 is 0 Å². The maximum atomic E-state index is 5.83. The van der Waals surface area contributed by atoms with Gasteiger partial charge in [0, 0.05) is 5.03 Å². The molecule has 3 heteroatoms. The van der Waals surface area contributed by atoms with Gasteiger partial charge in [0.25, 0.3) is 0 Å². The fourth-order valence-corrected chi connectivity index (χ4v) is 1.20. The minimum absolute atomic E-state index is 0. The Morgan fingerprint density at radius 2 is 2.09 bits per heavy atom. The Bertz CT molecular complexity index is 173. The van der Waals surface area contributed by atoms with E-state index in [1.807, 2.05) is 12.2 Å². The predicted octanol–water partition coefficient (Wildman–Crippen LogP) is 3.62. The molecule has 0 atom stereocenters. The van der Waals surface area contributed by atoms with Gasteiger partial charge in [-0.3, -0.25) is 0 Å². The second-order valence-corrected chi connectivity index (χ2v) is 3.10. The second kappa shape index (κ2) is 6.11. The molecule has 1 aliphatic rings. The monoisotopic (exact) mass is 277 g/mol. The van der Waals surface area contributed by atoms with Crippen molar-refractivity contribution in [3.05, 3.63) is 28.6 Å². The Hall–Kier alpha value is 0.553. The Labute approximate surface area is 90.4 Å². The molecule has 0 saturated carbocycles. The van der Waals surface area contributed by atoms with E-state index in [0.717, 1.165) is 24.3 Å². The fraction of sp³-hybridized carbons (Fsp3) is 0.375. The molecule has 1 radical (unpaired) electrons. The van der Waals surface area contributed by atoms with Gasteiger partial charge in [0.2, 0.25) is 0 Å². The summed E-state index contributed by atoms with van der Waals surface area (Å²) >= 11 is 11.6. The van der Waals surface area contributed by atoms with Gasteiger partial charge in [-0.2, -0.15) is 6.08 Å². The van der Waals surface area contributed by atoms with Crippen LogP contribution in [0, 0.1) is 6.42 Å². The fourth-order valence-electron chi connectivity index (χ4n) is 0.834. The first-order chi connectivity index (χ1) is 4.80. The van der Waals surface area contributed by atoms with Gasteiger partial charge in [0.15, 0.2) is 0 Å². The van der Waals surface area contributed by atoms with Crippen molar-refractivity contribution in [2.45, 2.75) is 19.3 Å². The molecule has 0 aromatic rings. The number of hydrogen-bond acceptors (Lipinski definition) is 0. The quantitative estimate of drug-likeness (QED) is 0.468. The summed E-state index contributed by atoms with van der Waals surface area (Å²) in [4.78, 5) is 0. The molecule has 0 nitrogen and oxygen atoms in total. The van der Waals surface area contributed by atoms with E-state index in [4.69, 9.17) is 23.2 Å². The molecule has 0 aromatic heterocycles. The van der Waals surface area contributed by atoms with Gasteiger partial charge >= 0.3 is 19.5 Å². The Balaban J connectivity index is 0.000001000. The van der Waals surface area contributed by atoms with Crippen LogP contribution in [0.3, 0.4) is 0 Å². The van der Waals surface area contributed by atoms with Gasteiger partial charge in [-0.05, 0) is 11.5 Å². The van der Waals surface area contributed by atoms with E-state index in [1.165, 1.54) is 0 Å². The molecule has 0 bridgehead atoms. The van der Waals surface area contributed by atoms with Crippen molar-refractivity contribution in [1.82, 2.24) is 0 Å². The van der Waals surface area contributed by atoms with E-state index >= 15 is 0 Å². The topological polar surface area (TPSA) is 0 Å². The smallest absolute Gasteiger partial charge is 0.230 e. The summed E-state index contributed by atoms with van der Waals surface area (Å²) in [6.45, 7) is 0. The van der Waals surface area contributed by atoms with Crippen molar-refractivity contribution in [1.29, 1.82) is 0 Å². The van der Waals surface area contributed by atoms with E-state index < -0.39 is 0 Å². The van der Waals surface area contributed by atoms with Crippen LogP contribution in [-0.2, 0) is 19.5 Å². The first-order valence-corrected chi connectivity index (χ1v) is 4.10. The number of hydrogen-bond donors (Lipinski definition) is 0. The zero-order valence-electron chi connectivity index (χ0n) is 5.96. The maximum absolute atomic E-state index is 5.83. The Morgan fingerprint density at radius 1 is 1.36 bits per heavy atom. The number of allylic oxidation sites excluding steroid dienone is 4. The summed E-state index contributed by atoms with van der Waals surface area (Å²) in [7, 11) is 0. The van der Waals surface area contributed by atoms with Crippen LogP contribution in [0.1, 0.15) is 19.3 Å². The molecule has 1 aliphatic carbocycles. The van der Waals surface area contributed by atoms with Crippen molar-refractivity contribution in [3.63, 3.8) is 0 Å². The van der Waals surface area contributed by atoms with Crippen LogP contribution in [0.4, 0.5) is 0 Å². The molecule has 63 valence electrons. The molecule has 0 fully saturated rings. The predicted molar refractivity (Wildman–Crippen MR) is 46.0 cm³/mol. The molecule has 0 heterocycles. The zero-order valence-corrected chi connectivity index (χ0v) is 9.21. The molecule has 0 saturated heterocycles. The van der Waals surface area contributed by atoms with Crippen molar-refractivity contribution in [2.75, 3.05) is 0 Å². The van der Waals surface area contributed by atoms with Crippen LogP contribution in [-0.4, -0.2) is 0 Å². The average Bonchev–Trinajstić information content (AvgIpc) is 1.92. The molecule has 0 amide bonds. The van der Waals surface area contributed by atoms with E-state index in [9.17, 15) is 0 Å². The minimum atomic E-state index is 0. The van der Waals surface area contributed by atoms with Gasteiger partial charge in [-0.25, -0.2) is 12.5 Å². The third-order valence-corrected chi connectivity index (χ3v) is 2.25. The molecule has 0 unspecified atom stereocenters. The molecular formula is C8H9Cl2Ru. The van der Waals surface area contributed by atoms with E-state index in [1.54, 1.807) is 0 Å². The van der Waals surface area contributed by atoms with Crippen molar-refractivity contribution < 1.29 is 19.5 Å². The summed E-state index contributed by atoms with van der Waals surface area (Å²) in [5, 5.41) is 1.46. The number of halogens is 2. The van der Waals surface area contributed by atoms with Crippen LogP contribution in [0.5, 0.6) is 0 Å². The Morgan fingerprint density at radius 3 is 2.82 bits per heavy atom. The maximum Gasteiger partial charge on any atom is 1.00 e. The van der Waals surface area contributed by atoms with Crippen molar-refractivity contribution in [3.8, 4) is 0 Å². The summed E-state index contributed by atoms with van der Waals surface area (Å²) in [5.74, 6) is 0. The second-order valence-electron chi connectivity index (χ2n) is 2.24. The number of rotatable bonds is 0. The third kappa shape index (κ3) is 4.20. The van der Waals surface area contributed by atoms with Gasteiger partial charge in [-0.1, -0.05) is 18.0 Å². The standard InChI is InChI=1S/C8H9Cl2.Ru/c9-7-5-3-1-2-4-6-8(7)10;/h1,3,5H,2,4,6H2;/q-1;+1. The molecule has 0 N–H and O–H groups in total. The summed E-state index contributed by atoms with van der Waals surface area (Å²) in [5.41, 5.74) is 0. The average molecular weight is 277 g/mol. The zero-order chi connectivity index (χ0) is 7.40. The molecule has 0 aliphatic heterocycles. The molecule has 0 spiro atoms. The van der Waals surface area contributed by atoms with Gasteiger partial charge in [-0.15, -0.1) is 18.0 Å². The molecular weight excluding hydrogens is 268 g/mol. The first-order valence-electron chi connectivity index (χ1n) is 3.35. The molecule has 0 aromatic carbocycles. The SMILES string of the molecule is ClC1=C(Cl)CCC[CH-]C=C1.[Ru+]. The van der Waals surface area contributed by atoms with E-state index in [2.05, 4.69) is 6.42 Å². The van der Waals surface area contributed by atoms with Crippen molar-refractivity contribution >= 4 is 23.2 Å². The largest absolute Gasteiger partial charge is 1.00 e. The van der Waals surface area contributed by atoms with Crippen LogP contribution < -0.4 is 0 Å². The van der Waals surface area contributed by atoms with Gasteiger partial charge in [0.1, 0.15) is 0 Å². The first kappa shape index (κ1) is 11.6. The van der Waals surface area contributed by atoms with Crippen molar-refractivity contribution in [2.24, 2.45) is 0 Å². The van der Waals surface area contributed by atoms with Crippen LogP contribution in [0.15, 0.2) is 22.2 Å². The van der Waals surface area contributed by atoms with Crippen LogP contribution in [0.25, 0.3) is 0 Å². The third-order valence-electron chi connectivity index (χ3n) is 1.40. The van der Waals surface area contributed by atoms with E-state index in [-0.39, 0.29) is 19.5 Å². The minimum Gasteiger partial charge on any atom is -0.230 e. The van der Waals surface area contributed by atoms with Crippen LogP contribution >= 0.6 is 23.2 Å². The summed E-state index contributed by atoms with van der Waals surface area (Å²) in [6.07, 6.45) is 8.98. The summed E-state index contributed by atoms with van der Waals surface area (Å²) < 4.78 is 0. The van der Waals surface area contributed by atoms with Crippen LogP contribution in [0.2, 0.25) is 0 Å². The van der Waals surface area contributed by atoms with E-state index in [0.29, 0.717) is 5.03 Å². The molecule has 11 heavy (non-hydrogen) atoms. The van der Waals surface area contributed by atoms with Gasteiger partial charge in [0.05, 0.1) is 0 Å². The Kier molecular flexibility index (Phi) is 6.42. The summed E-state index contributed by atoms with van der Waals surface area (Å²) in [6, 6.07) is 0. The molecule has 1 rings (SSSR count).